The number of para-hydroxylation sites is 3. The average Bonchev–Trinajstić information content (AvgIpc) is 3.37. The Balaban J connectivity index is 1.13. The van der Waals surface area contributed by atoms with Crippen molar-refractivity contribution in [3.8, 4) is 23.0 Å². The molecule has 7 aromatic carbocycles. The Morgan fingerprint density at radius 2 is 1.00 bits per heavy atom. The summed E-state index contributed by atoms with van der Waals surface area (Å²) in [5, 5.41) is 3.53. The van der Waals surface area contributed by atoms with Crippen LogP contribution in [0.3, 0.4) is 0 Å². The largest absolute Gasteiger partial charge is 0.493 e. The molecule has 2 amide bonds. The number of hydrogen-bond donors (Lipinski definition) is 2. The average molecular weight is 901 g/mol. The second-order valence-electron chi connectivity index (χ2n) is 15.9. The van der Waals surface area contributed by atoms with Crippen molar-refractivity contribution in [2.75, 3.05) is 38.1 Å². The van der Waals surface area contributed by atoms with Gasteiger partial charge in [-0.1, -0.05) is 122 Å². The van der Waals surface area contributed by atoms with E-state index in [9.17, 15) is 14.0 Å². The van der Waals surface area contributed by atoms with Crippen molar-refractivity contribution in [3.05, 3.63) is 221 Å². The zero-order chi connectivity index (χ0) is 46.6. The quantitative estimate of drug-likeness (QED) is 0.0616. The summed E-state index contributed by atoms with van der Waals surface area (Å²) in [5.74, 6) is 1.46. The normalized spacial score (nSPS) is 10.8. The molecule has 7 rings (SSSR count). The summed E-state index contributed by atoms with van der Waals surface area (Å²) < 4.78 is 38.7. The Morgan fingerprint density at radius 1 is 0.522 bits per heavy atom. The van der Waals surface area contributed by atoms with E-state index in [2.05, 4.69) is 12.2 Å². The lowest BCUT2D eigenvalue weighted by Crippen LogP contribution is -2.35. The van der Waals surface area contributed by atoms with Crippen molar-refractivity contribution >= 4 is 17.5 Å². The van der Waals surface area contributed by atoms with Crippen LogP contribution in [-0.4, -0.2) is 54.4 Å². The van der Waals surface area contributed by atoms with Gasteiger partial charge in [0, 0.05) is 56.1 Å². The van der Waals surface area contributed by atoms with E-state index in [0.29, 0.717) is 67.8 Å². The lowest BCUT2D eigenvalue weighted by molar-refractivity contribution is 0.0735. The number of anilines is 1. The molecule has 0 aliphatic carbocycles. The third-order valence-electron chi connectivity index (χ3n) is 10.9. The molecule has 7 aromatic rings. The SMILES string of the molecule is CCCOc1ccccc1CN(CCNc1ccc(OCc2ccc(F)cc2)c(CN(CCN)C(=O)c2ccccc2OCc2ccccc2)c1)C(=O)c1ccccc1OCc1ccccc1. The van der Waals surface area contributed by atoms with Gasteiger partial charge in [-0.25, -0.2) is 4.39 Å². The molecule has 0 saturated heterocycles. The van der Waals surface area contributed by atoms with Crippen molar-refractivity contribution in [1.29, 1.82) is 0 Å². The maximum atomic E-state index is 14.6. The standard InChI is InChI=1S/C56H57FN4O6/c1-2-35-64-51-22-12-9-19-45(51)37-61(56(63)50-21-11-14-24-54(50)67-40-43-17-7-4-8-18-43)34-32-59-48-29-30-52(65-41-44-25-27-47(57)28-26-44)46(36-48)38-60(33-31-58)55(62)49-20-10-13-23-53(49)66-39-42-15-5-3-6-16-42/h3-30,36,59H,2,31-35,37-41,58H2,1H3. The van der Waals surface area contributed by atoms with Crippen molar-refractivity contribution in [1.82, 2.24) is 9.80 Å². The zero-order valence-electron chi connectivity index (χ0n) is 37.8. The Morgan fingerprint density at radius 3 is 1.58 bits per heavy atom. The van der Waals surface area contributed by atoms with Gasteiger partial charge in [-0.15, -0.1) is 0 Å². The van der Waals surface area contributed by atoms with Gasteiger partial charge in [-0.3, -0.25) is 9.59 Å². The van der Waals surface area contributed by atoms with Gasteiger partial charge in [0.1, 0.15) is 48.6 Å². The lowest BCUT2D eigenvalue weighted by atomic mass is 10.1. The van der Waals surface area contributed by atoms with Crippen molar-refractivity contribution in [2.45, 2.75) is 46.3 Å². The van der Waals surface area contributed by atoms with Crippen LogP contribution in [0.25, 0.3) is 0 Å². The van der Waals surface area contributed by atoms with Gasteiger partial charge < -0.3 is 39.8 Å². The summed E-state index contributed by atoms with van der Waals surface area (Å²) in [6.07, 6.45) is 0.847. The second kappa shape index (κ2) is 24.6. The number of ether oxygens (including phenoxy) is 4. The number of rotatable bonds is 24. The summed E-state index contributed by atoms with van der Waals surface area (Å²) in [6.45, 7) is 5.04. The number of carbonyl (C=O) groups is 2. The summed E-state index contributed by atoms with van der Waals surface area (Å²) in [6, 6.07) is 53.8. The van der Waals surface area contributed by atoms with E-state index in [0.717, 1.165) is 45.7 Å². The molecule has 0 spiro atoms. The number of hydrogen-bond acceptors (Lipinski definition) is 8. The maximum absolute atomic E-state index is 14.6. The van der Waals surface area contributed by atoms with Crippen LogP contribution >= 0.6 is 0 Å². The molecule has 11 heteroatoms. The molecule has 0 unspecified atom stereocenters. The van der Waals surface area contributed by atoms with Crippen LogP contribution in [-0.2, 0) is 32.9 Å². The molecule has 10 nitrogen and oxygen atoms in total. The predicted molar refractivity (Wildman–Crippen MR) is 261 cm³/mol. The third-order valence-corrected chi connectivity index (χ3v) is 10.9. The van der Waals surface area contributed by atoms with Crippen LogP contribution in [0.5, 0.6) is 23.0 Å². The van der Waals surface area contributed by atoms with E-state index < -0.39 is 0 Å². The van der Waals surface area contributed by atoms with Crippen molar-refractivity contribution in [2.24, 2.45) is 5.73 Å². The molecule has 0 bridgehead atoms. The summed E-state index contributed by atoms with van der Waals surface area (Å²) in [4.78, 5) is 32.5. The zero-order valence-corrected chi connectivity index (χ0v) is 37.8. The number of halogens is 1. The van der Waals surface area contributed by atoms with E-state index in [1.165, 1.54) is 12.1 Å². The monoisotopic (exact) mass is 900 g/mol. The third kappa shape index (κ3) is 13.7. The second-order valence-corrected chi connectivity index (χ2v) is 15.9. The minimum atomic E-state index is -0.335. The highest BCUT2D eigenvalue weighted by molar-refractivity contribution is 5.97. The molecule has 3 N–H and O–H groups in total. The first-order valence-electron chi connectivity index (χ1n) is 22.6. The Labute approximate surface area is 392 Å². The Bertz CT molecular complexity index is 2650. The molecule has 0 heterocycles. The highest BCUT2D eigenvalue weighted by Gasteiger charge is 2.24. The van der Waals surface area contributed by atoms with E-state index >= 15 is 0 Å². The molecule has 0 aliphatic rings. The fraction of sp³-hybridized carbons (Fsp3) is 0.214. The van der Waals surface area contributed by atoms with Gasteiger partial charge in [0.15, 0.2) is 0 Å². The van der Waals surface area contributed by atoms with Crippen LogP contribution < -0.4 is 30.0 Å². The van der Waals surface area contributed by atoms with E-state index in [1.807, 2.05) is 133 Å². The summed E-state index contributed by atoms with van der Waals surface area (Å²) in [5.41, 5.74) is 12.1. The van der Waals surface area contributed by atoms with Gasteiger partial charge >= 0.3 is 0 Å². The molecule has 0 radical (unpaired) electrons. The highest BCUT2D eigenvalue weighted by atomic mass is 19.1. The first-order valence-corrected chi connectivity index (χ1v) is 22.6. The number of benzene rings is 7. The fourth-order valence-electron chi connectivity index (χ4n) is 7.44. The van der Waals surface area contributed by atoms with Gasteiger partial charge in [-0.05, 0) is 83.8 Å². The predicted octanol–water partition coefficient (Wildman–Crippen LogP) is 10.7. The number of amides is 2. The molecule has 0 aliphatic heterocycles. The molecule has 0 fully saturated rings. The molecule has 0 saturated carbocycles. The lowest BCUT2D eigenvalue weighted by Gasteiger charge is -2.26. The van der Waals surface area contributed by atoms with Crippen molar-refractivity contribution in [3.63, 3.8) is 0 Å². The number of nitrogens with one attached hydrogen (secondary N) is 1. The smallest absolute Gasteiger partial charge is 0.257 e. The first-order chi connectivity index (χ1) is 32.9. The maximum Gasteiger partial charge on any atom is 0.257 e. The fourth-order valence-corrected chi connectivity index (χ4v) is 7.44. The molecule has 344 valence electrons. The van der Waals surface area contributed by atoms with E-state index in [-0.39, 0.29) is 43.9 Å². The van der Waals surface area contributed by atoms with E-state index in [4.69, 9.17) is 24.7 Å². The van der Waals surface area contributed by atoms with Crippen LogP contribution in [0.2, 0.25) is 0 Å². The Hall–Kier alpha value is -7.63. The van der Waals surface area contributed by atoms with Gasteiger partial charge in [0.25, 0.3) is 11.8 Å². The van der Waals surface area contributed by atoms with Crippen LogP contribution in [0.4, 0.5) is 10.1 Å². The van der Waals surface area contributed by atoms with Gasteiger partial charge in [0.05, 0.1) is 17.7 Å². The van der Waals surface area contributed by atoms with E-state index in [1.54, 1.807) is 40.1 Å². The number of carbonyl (C=O) groups excluding carboxylic acids is 2. The number of nitrogens with two attached hydrogens (primary N) is 1. The molecule has 67 heavy (non-hydrogen) atoms. The van der Waals surface area contributed by atoms with Crippen LogP contribution in [0.1, 0.15) is 61.9 Å². The molecular weight excluding hydrogens is 844 g/mol. The van der Waals surface area contributed by atoms with Crippen LogP contribution in [0, 0.1) is 5.82 Å². The summed E-state index contributed by atoms with van der Waals surface area (Å²) in [7, 11) is 0. The molecule has 0 atom stereocenters. The first kappa shape index (κ1) is 47.3. The highest BCUT2D eigenvalue weighted by Crippen LogP contribution is 2.29. The Kier molecular flexibility index (Phi) is 17.4. The van der Waals surface area contributed by atoms with Crippen molar-refractivity contribution < 1.29 is 32.9 Å². The van der Waals surface area contributed by atoms with Gasteiger partial charge in [0.2, 0.25) is 0 Å². The van der Waals surface area contributed by atoms with Crippen LogP contribution in [0.15, 0.2) is 176 Å². The minimum Gasteiger partial charge on any atom is -0.493 e. The topological polar surface area (TPSA) is 116 Å². The molecular formula is C56H57FN4O6. The van der Waals surface area contributed by atoms with Gasteiger partial charge in [-0.2, -0.15) is 0 Å². The summed E-state index contributed by atoms with van der Waals surface area (Å²) >= 11 is 0. The minimum absolute atomic E-state index is 0.163. The molecule has 0 aromatic heterocycles. The number of nitrogens with zero attached hydrogens (tertiary/aromatic N) is 2.